The third-order valence-electron chi connectivity index (χ3n) is 10.6. The monoisotopic (exact) mass is 398 g/mol. The molecule has 0 spiro atoms. The number of allylic oxidation sites excluding steroid dienone is 3. The van der Waals surface area contributed by atoms with E-state index in [1.807, 2.05) is 0 Å². The van der Waals surface area contributed by atoms with Gasteiger partial charge in [0.15, 0.2) is 0 Å². The van der Waals surface area contributed by atoms with Crippen molar-refractivity contribution in [1.29, 1.82) is 0 Å². The standard InChI is InChI=1S/C28H46O/c1-18(2)19(3)10-11-20(4)23-14-15-24-22-13-12-21-8-7-9-26(29)28(21,6)25(22)16-17-27(23,24)5/h13,18,20-21,23-26,29H,3,7-12,14-17H2,1-2,4-6H3/t20-,21?,23-,24+,25+,26?,27-,28+/m1/s1. The molecule has 0 aromatic carbocycles. The van der Waals surface area contributed by atoms with E-state index < -0.39 is 0 Å². The molecule has 4 rings (SSSR count). The Bertz CT molecular complexity index is 659. The van der Waals surface area contributed by atoms with Gasteiger partial charge in [-0.3, -0.25) is 0 Å². The fourth-order valence-corrected chi connectivity index (χ4v) is 8.45. The van der Waals surface area contributed by atoms with Gasteiger partial charge in [-0.1, -0.05) is 64.8 Å². The van der Waals surface area contributed by atoms with Gasteiger partial charge in [-0.15, -0.1) is 0 Å². The lowest BCUT2D eigenvalue weighted by Gasteiger charge is -2.58. The molecule has 0 aliphatic heterocycles. The largest absolute Gasteiger partial charge is 0.393 e. The zero-order valence-corrected chi connectivity index (χ0v) is 19.8. The lowest BCUT2D eigenvalue weighted by atomic mass is 9.47. The van der Waals surface area contributed by atoms with Crippen molar-refractivity contribution >= 4 is 0 Å². The van der Waals surface area contributed by atoms with Crippen molar-refractivity contribution in [1.82, 2.24) is 0 Å². The van der Waals surface area contributed by atoms with Crippen molar-refractivity contribution in [2.75, 3.05) is 0 Å². The maximum absolute atomic E-state index is 11.1. The molecule has 4 aliphatic rings. The van der Waals surface area contributed by atoms with Gasteiger partial charge in [0.1, 0.15) is 0 Å². The predicted molar refractivity (Wildman–Crippen MR) is 124 cm³/mol. The normalized spacial score (nSPS) is 45.2. The van der Waals surface area contributed by atoms with Crippen LogP contribution in [0.5, 0.6) is 0 Å². The van der Waals surface area contributed by atoms with Crippen molar-refractivity contribution in [2.24, 2.45) is 46.3 Å². The third-order valence-corrected chi connectivity index (χ3v) is 10.6. The Morgan fingerprint density at radius 2 is 1.86 bits per heavy atom. The van der Waals surface area contributed by atoms with Crippen LogP contribution in [0.3, 0.4) is 0 Å². The molecule has 0 heterocycles. The van der Waals surface area contributed by atoms with Crippen LogP contribution >= 0.6 is 0 Å². The van der Waals surface area contributed by atoms with Crippen LogP contribution < -0.4 is 0 Å². The van der Waals surface area contributed by atoms with Crippen LogP contribution in [-0.2, 0) is 0 Å². The van der Waals surface area contributed by atoms with E-state index in [2.05, 4.69) is 47.3 Å². The van der Waals surface area contributed by atoms with Crippen molar-refractivity contribution in [3.63, 3.8) is 0 Å². The summed E-state index contributed by atoms with van der Waals surface area (Å²) in [6.07, 6.45) is 15.4. The number of hydrogen-bond acceptors (Lipinski definition) is 1. The van der Waals surface area contributed by atoms with E-state index in [1.54, 1.807) is 5.57 Å². The number of rotatable bonds is 5. The molecule has 0 aromatic rings. The quantitative estimate of drug-likeness (QED) is 0.474. The average molecular weight is 399 g/mol. The number of aliphatic hydroxyl groups is 1. The Morgan fingerprint density at radius 1 is 1.10 bits per heavy atom. The highest BCUT2D eigenvalue weighted by Crippen LogP contribution is 2.66. The Hall–Kier alpha value is -0.560. The summed E-state index contributed by atoms with van der Waals surface area (Å²) in [4.78, 5) is 0. The van der Waals surface area contributed by atoms with Gasteiger partial charge in [-0.25, -0.2) is 0 Å². The molecule has 1 heteroatoms. The highest BCUT2D eigenvalue weighted by atomic mass is 16.3. The minimum Gasteiger partial charge on any atom is -0.393 e. The van der Waals surface area contributed by atoms with Gasteiger partial charge in [-0.2, -0.15) is 0 Å². The SMILES string of the molecule is C=C(CC[C@@H](C)[C@H]1CC[C@H]2C3=CCC4CCCC(O)[C@]4(C)[C@H]3CC[C@]12C)C(C)C. The first-order valence-corrected chi connectivity index (χ1v) is 12.7. The lowest BCUT2D eigenvalue weighted by molar-refractivity contribution is -0.0959. The molecular formula is C28H46O. The van der Waals surface area contributed by atoms with E-state index in [1.165, 1.54) is 63.4 Å². The molecule has 0 saturated heterocycles. The Labute approximate surface area is 180 Å². The van der Waals surface area contributed by atoms with Crippen LogP contribution in [0.25, 0.3) is 0 Å². The molecule has 1 N–H and O–H groups in total. The average Bonchev–Trinajstić information content (AvgIpc) is 3.04. The first-order chi connectivity index (χ1) is 13.7. The second kappa shape index (κ2) is 7.85. The van der Waals surface area contributed by atoms with Crippen LogP contribution in [0.2, 0.25) is 0 Å². The predicted octanol–water partition coefficient (Wildman–Crippen LogP) is 7.55. The van der Waals surface area contributed by atoms with Gasteiger partial charge < -0.3 is 5.11 Å². The van der Waals surface area contributed by atoms with Crippen LogP contribution in [0.1, 0.15) is 98.8 Å². The fourth-order valence-electron chi connectivity index (χ4n) is 8.45. The van der Waals surface area contributed by atoms with E-state index >= 15 is 0 Å². The molecule has 0 aromatic heterocycles. The first-order valence-electron chi connectivity index (χ1n) is 12.7. The van der Waals surface area contributed by atoms with Crippen molar-refractivity contribution in [3.8, 4) is 0 Å². The molecule has 2 unspecified atom stereocenters. The summed E-state index contributed by atoms with van der Waals surface area (Å²) in [6.45, 7) is 16.5. The minimum absolute atomic E-state index is 0.0857. The molecule has 0 radical (unpaired) electrons. The number of fused-ring (bicyclic) bond motifs is 5. The summed E-state index contributed by atoms with van der Waals surface area (Å²) >= 11 is 0. The van der Waals surface area contributed by atoms with E-state index in [0.29, 0.717) is 23.2 Å². The first kappa shape index (κ1) is 21.7. The van der Waals surface area contributed by atoms with Gasteiger partial charge in [0.25, 0.3) is 0 Å². The van der Waals surface area contributed by atoms with Crippen molar-refractivity contribution < 1.29 is 5.11 Å². The van der Waals surface area contributed by atoms with Gasteiger partial charge in [-0.05, 0) is 98.7 Å². The zero-order chi connectivity index (χ0) is 21.0. The lowest BCUT2D eigenvalue weighted by Crippen LogP contribution is -2.54. The molecular weight excluding hydrogens is 352 g/mol. The summed E-state index contributed by atoms with van der Waals surface area (Å²) in [5.74, 6) is 4.40. The summed E-state index contributed by atoms with van der Waals surface area (Å²) in [6, 6.07) is 0. The van der Waals surface area contributed by atoms with Crippen LogP contribution in [0.15, 0.2) is 23.8 Å². The second-order valence-corrected chi connectivity index (χ2v) is 12.1. The zero-order valence-electron chi connectivity index (χ0n) is 19.8. The van der Waals surface area contributed by atoms with Crippen molar-refractivity contribution in [2.45, 2.75) is 105 Å². The van der Waals surface area contributed by atoms with Crippen LogP contribution in [-0.4, -0.2) is 11.2 Å². The molecule has 29 heavy (non-hydrogen) atoms. The van der Waals surface area contributed by atoms with Gasteiger partial charge in [0.2, 0.25) is 0 Å². The fraction of sp³-hybridized carbons (Fsp3) is 0.857. The van der Waals surface area contributed by atoms with Gasteiger partial charge in [0.05, 0.1) is 6.10 Å². The van der Waals surface area contributed by atoms with Gasteiger partial charge in [0, 0.05) is 5.41 Å². The highest BCUT2D eigenvalue weighted by molar-refractivity contribution is 5.28. The smallest absolute Gasteiger partial charge is 0.0602 e. The summed E-state index contributed by atoms with van der Waals surface area (Å²) in [5.41, 5.74) is 3.83. The molecule has 8 atom stereocenters. The van der Waals surface area contributed by atoms with E-state index in [0.717, 1.165) is 24.2 Å². The number of hydrogen-bond donors (Lipinski definition) is 1. The summed E-state index contributed by atoms with van der Waals surface area (Å²) in [5, 5.41) is 11.1. The Kier molecular flexibility index (Phi) is 5.86. The summed E-state index contributed by atoms with van der Waals surface area (Å²) in [7, 11) is 0. The molecule has 0 amide bonds. The van der Waals surface area contributed by atoms with Crippen LogP contribution in [0.4, 0.5) is 0 Å². The maximum Gasteiger partial charge on any atom is 0.0602 e. The van der Waals surface area contributed by atoms with Crippen LogP contribution in [0, 0.1) is 46.3 Å². The van der Waals surface area contributed by atoms with E-state index in [4.69, 9.17) is 0 Å². The number of aliphatic hydroxyl groups excluding tert-OH is 1. The summed E-state index contributed by atoms with van der Waals surface area (Å²) < 4.78 is 0. The molecule has 4 aliphatic carbocycles. The van der Waals surface area contributed by atoms with E-state index in [-0.39, 0.29) is 11.5 Å². The van der Waals surface area contributed by atoms with E-state index in [9.17, 15) is 5.11 Å². The molecule has 0 bridgehead atoms. The molecule has 3 saturated carbocycles. The highest BCUT2D eigenvalue weighted by Gasteiger charge is 2.59. The Morgan fingerprint density at radius 3 is 2.59 bits per heavy atom. The molecule has 1 nitrogen and oxygen atoms in total. The third kappa shape index (κ3) is 3.38. The Balaban J connectivity index is 1.52. The van der Waals surface area contributed by atoms with Crippen molar-refractivity contribution in [3.05, 3.63) is 23.8 Å². The molecule has 3 fully saturated rings. The molecule has 164 valence electrons. The maximum atomic E-state index is 11.1. The second-order valence-electron chi connectivity index (χ2n) is 12.1. The van der Waals surface area contributed by atoms with Gasteiger partial charge >= 0.3 is 0 Å². The topological polar surface area (TPSA) is 20.2 Å². The minimum atomic E-state index is -0.0857.